The van der Waals surface area contributed by atoms with E-state index in [1.165, 1.54) is 6.42 Å². The molecule has 1 aromatic carbocycles. The van der Waals surface area contributed by atoms with Crippen LogP contribution < -0.4 is 15.0 Å². The third-order valence-electron chi connectivity index (χ3n) is 4.63. The molecule has 2 fully saturated rings. The predicted octanol–water partition coefficient (Wildman–Crippen LogP) is 1.49. The third-order valence-corrected chi connectivity index (χ3v) is 4.63. The van der Waals surface area contributed by atoms with Gasteiger partial charge in [0.15, 0.2) is 0 Å². The average Bonchev–Trinajstić information content (AvgIpc) is 2.62. The largest absolute Gasteiger partial charge is 0.495 e. The van der Waals surface area contributed by atoms with Gasteiger partial charge in [0.2, 0.25) is 5.91 Å². The molecule has 0 aliphatic carbocycles. The molecule has 1 atom stereocenters. The SMILES string of the molecule is COc1ccccc1N1CCN(C(=O)[C@H]2CCCCN2)CC1. The standard InChI is InChI=1S/C17H25N3O2/c1-22-16-8-3-2-7-15(16)19-10-12-20(13-11-19)17(21)14-6-4-5-9-18-14/h2-3,7-8,14,18H,4-6,9-13H2,1H3/t14-/m1/s1. The van der Waals surface area contributed by atoms with Crippen molar-refractivity contribution in [2.45, 2.75) is 25.3 Å². The van der Waals surface area contributed by atoms with Gasteiger partial charge in [-0.3, -0.25) is 4.79 Å². The molecule has 2 aliphatic heterocycles. The van der Waals surface area contributed by atoms with Crippen LogP contribution in [0.5, 0.6) is 5.75 Å². The first-order chi connectivity index (χ1) is 10.8. The van der Waals surface area contributed by atoms with Crippen LogP contribution in [-0.4, -0.2) is 56.7 Å². The lowest BCUT2D eigenvalue weighted by Gasteiger charge is -2.38. The Morgan fingerprint density at radius 3 is 2.64 bits per heavy atom. The van der Waals surface area contributed by atoms with Crippen LogP contribution in [0, 0.1) is 0 Å². The number of anilines is 1. The molecule has 120 valence electrons. The lowest BCUT2D eigenvalue weighted by molar-refractivity contribution is -0.134. The number of hydrogen-bond acceptors (Lipinski definition) is 4. The van der Waals surface area contributed by atoms with Gasteiger partial charge >= 0.3 is 0 Å². The summed E-state index contributed by atoms with van der Waals surface area (Å²) in [5.41, 5.74) is 1.12. The summed E-state index contributed by atoms with van der Waals surface area (Å²) in [6.07, 6.45) is 3.32. The van der Waals surface area contributed by atoms with Crippen molar-refractivity contribution in [3.05, 3.63) is 24.3 Å². The molecule has 0 spiro atoms. The summed E-state index contributed by atoms with van der Waals surface area (Å²) in [6, 6.07) is 8.11. The summed E-state index contributed by atoms with van der Waals surface area (Å²) in [5.74, 6) is 1.18. The van der Waals surface area contributed by atoms with E-state index in [0.29, 0.717) is 0 Å². The molecule has 3 rings (SSSR count). The number of piperazine rings is 1. The number of hydrogen-bond donors (Lipinski definition) is 1. The fraction of sp³-hybridized carbons (Fsp3) is 0.588. The van der Waals surface area contributed by atoms with Crippen molar-refractivity contribution in [3.63, 3.8) is 0 Å². The summed E-state index contributed by atoms with van der Waals surface area (Å²) >= 11 is 0. The molecule has 2 aliphatic rings. The Kier molecular flexibility index (Phi) is 4.83. The zero-order chi connectivity index (χ0) is 15.4. The third kappa shape index (κ3) is 3.19. The molecular formula is C17H25N3O2. The van der Waals surface area contributed by atoms with Crippen LogP contribution in [0.15, 0.2) is 24.3 Å². The second-order valence-corrected chi connectivity index (χ2v) is 5.99. The lowest BCUT2D eigenvalue weighted by atomic mass is 10.0. The maximum absolute atomic E-state index is 12.5. The van der Waals surface area contributed by atoms with Crippen molar-refractivity contribution in [2.75, 3.05) is 44.7 Å². The van der Waals surface area contributed by atoms with E-state index in [-0.39, 0.29) is 11.9 Å². The molecule has 2 saturated heterocycles. The molecule has 0 unspecified atom stereocenters. The Hall–Kier alpha value is -1.75. The van der Waals surface area contributed by atoms with Crippen LogP contribution in [0.2, 0.25) is 0 Å². The van der Waals surface area contributed by atoms with E-state index >= 15 is 0 Å². The molecule has 1 aromatic rings. The van der Waals surface area contributed by atoms with E-state index in [1.807, 2.05) is 23.1 Å². The smallest absolute Gasteiger partial charge is 0.239 e. The molecule has 5 nitrogen and oxygen atoms in total. The molecule has 5 heteroatoms. The summed E-state index contributed by atoms with van der Waals surface area (Å²) in [4.78, 5) is 16.9. The van der Waals surface area contributed by atoms with E-state index in [4.69, 9.17) is 4.74 Å². The topological polar surface area (TPSA) is 44.8 Å². The van der Waals surface area contributed by atoms with Crippen molar-refractivity contribution >= 4 is 11.6 Å². The molecule has 0 radical (unpaired) electrons. The van der Waals surface area contributed by atoms with Crippen molar-refractivity contribution in [3.8, 4) is 5.75 Å². The molecule has 0 aromatic heterocycles. The van der Waals surface area contributed by atoms with Gasteiger partial charge in [-0.15, -0.1) is 0 Å². The lowest BCUT2D eigenvalue weighted by Crippen LogP contribution is -2.55. The molecule has 1 amide bonds. The molecule has 0 saturated carbocycles. The van der Waals surface area contributed by atoms with Crippen LogP contribution >= 0.6 is 0 Å². The number of methoxy groups -OCH3 is 1. The van der Waals surface area contributed by atoms with Gasteiger partial charge in [-0.05, 0) is 31.5 Å². The minimum absolute atomic E-state index is 0.0339. The van der Waals surface area contributed by atoms with Crippen LogP contribution in [0.1, 0.15) is 19.3 Å². The van der Waals surface area contributed by atoms with Crippen LogP contribution in [-0.2, 0) is 4.79 Å². The van der Waals surface area contributed by atoms with E-state index in [2.05, 4.69) is 16.3 Å². The van der Waals surface area contributed by atoms with Gasteiger partial charge in [0.25, 0.3) is 0 Å². The van der Waals surface area contributed by atoms with Gasteiger partial charge in [-0.1, -0.05) is 18.6 Å². The second-order valence-electron chi connectivity index (χ2n) is 5.99. The number of rotatable bonds is 3. The Balaban J connectivity index is 1.59. The molecule has 22 heavy (non-hydrogen) atoms. The number of ether oxygens (including phenoxy) is 1. The van der Waals surface area contributed by atoms with Crippen molar-refractivity contribution in [1.29, 1.82) is 0 Å². The molecular weight excluding hydrogens is 278 g/mol. The highest BCUT2D eigenvalue weighted by Crippen LogP contribution is 2.28. The Morgan fingerprint density at radius 2 is 1.95 bits per heavy atom. The number of para-hydroxylation sites is 2. The average molecular weight is 303 g/mol. The van der Waals surface area contributed by atoms with Gasteiger partial charge in [-0.2, -0.15) is 0 Å². The minimum Gasteiger partial charge on any atom is -0.495 e. The Bertz CT molecular complexity index is 506. The van der Waals surface area contributed by atoms with Gasteiger partial charge in [0.05, 0.1) is 18.8 Å². The highest BCUT2D eigenvalue weighted by atomic mass is 16.5. The van der Waals surface area contributed by atoms with E-state index in [9.17, 15) is 4.79 Å². The Morgan fingerprint density at radius 1 is 1.18 bits per heavy atom. The quantitative estimate of drug-likeness (QED) is 0.919. The van der Waals surface area contributed by atoms with Crippen molar-refractivity contribution < 1.29 is 9.53 Å². The number of benzene rings is 1. The number of amides is 1. The summed E-state index contributed by atoms with van der Waals surface area (Å²) < 4.78 is 5.44. The normalized spacial score (nSPS) is 22.5. The molecule has 2 heterocycles. The van der Waals surface area contributed by atoms with Gasteiger partial charge in [0.1, 0.15) is 5.75 Å². The predicted molar refractivity (Wildman–Crippen MR) is 87.4 cm³/mol. The van der Waals surface area contributed by atoms with Crippen LogP contribution in [0.3, 0.4) is 0 Å². The molecule has 0 bridgehead atoms. The number of nitrogens with one attached hydrogen (secondary N) is 1. The van der Waals surface area contributed by atoms with Crippen molar-refractivity contribution in [1.82, 2.24) is 10.2 Å². The first kappa shape index (κ1) is 15.2. The van der Waals surface area contributed by atoms with E-state index in [0.717, 1.165) is 57.0 Å². The first-order valence-corrected chi connectivity index (χ1v) is 8.20. The minimum atomic E-state index is 0.0339. The highest BCUT2D eigenvalue weighted by molar-refractivity contribution is 5.82. The van der Waals surface area contributed by atoms with Crippen LogP contribution in [0.4, 0.5) is 5.69 Å². The van der Waals surface area contributed by atoms with Crippen LogP contribution in [0.25, 0.3) is 0 Å². The van der Waals surface area contributed by atoms with Gasteiger partial charge in [0, 0.05) is 26.2 Å². The summed E-state index contributed by atoms with van der Waals surface area (Å²) in [6.45, 7) is 4.26. The number of carbonyl (C=O) groups excluding carboxylic acids is 1. The number of carbonyl (C=O) groups is 1. The van der Waals surface area contributed by atoms with E-state index < -0.39 is 0 Å². The fourth-order valence-corrected chi connectivity index (χ4v) is 3.34. The van der Waals surface area contributed by atoms with Gasteiger partial charge < -0.3 is 19.9 Å². The summed E-state index contributed by atoms with van der Waals surface area (Å²) in [5, 5.41) is 3.35. The maximum atomic E-state index is 12.5. The van der Waals surface area contributed by atoms with Crippen molar-refractivity contribution in [2.24, 2.45) is 0 Å². The maximum Gasteiger partial charge on any atom is 0.239 e. The second kappa shape index (κ2) is 7.01. The zero-order valence-corrected chi connectivity index (χ0v) is 13.3. The first-order valence-electron chi connectivity index (χ1n) is 8.20. The highest BCUT2D eigenvalue weighted by Gasteiger charge is 2.28. The number of piperidine rings is 1. The monoisotopic (exact) mass is 303 g/mol. The number of nitrogens with zero attached hydrogens (tertiary/aromatic N) is 2. The fourth-order valence-electron chi connectivity index (χ4n) is 3.34. The Labute approximate surface area is 132 Å². The zero-order valence-electron chi connectivity index (χ0n) is 13.3. The van der Waals surface area contributed by atoms with Gasteiger partial charge in [-0.25, -0.2) is 0 Å². The summed E-state index contributed by atoms with van der Waals surface area (Å²) in [7, 11) is 1.70. The molecule has 1 N–H and O–H groups in total. The van der Waals surface area contributed by atoms with E-state index in [1.54, 1.807) is 7.11 Å².